The molecule has 1 saturated heterocycles. The molecule has 5 heteroatoms. The lowest BCUT2D eigenvalue weighted by Gasteiger charge is -2.22. The average Bonchev–Trinajstić information content (AvgIpc) is 2.36. The molecule has 1 aliphatic rings. The van der Waals surface area contributed by atoms with E-state index in [9.17, 15) is 4.79 Å². The second-order valence-electron chi connectivity index (χ2n) is 4.12. The minimum absolute atomic E-state index is 0.0404. The Morgan fingerprint density at radius 3 is 2.82 bits per heavy atom. The first-order valence-electron chi connectivity index (χ1n) is 6.49. The van der Waals surface area contributed by atoms with Crippen LogP contribution >= 0.6 is 0 Å². The fraction of sp³-hybridized carbons (Fsp3) is 0.917. The summed E-state index contributed by atoms with van der Waals surface area (Å²) in [5.41, 5.74) is 0. The van der Waals surface area contributed by atoms with Crippen molar-refractivity contribution >= 4 is 5.91 Å². The zero-order valence-corrected chi connectivity index (χ0v) is 10.7. The van der Waals surface area contributed by atoms with Crippen molar-refractivity contribution in [3.8, 4) is 0 Å². The van der Waals surface area contributed by atoms with Gasteiger partial charge in [0.15, 0.2) is 0 Å². The Bertz CT molecular complexity index is 206. The molecule has 5 nitrogen and oxygen atoms in total. The number of ether oxygens (including phenoxy) is 2. The van der Waals surface area contributed by atoms with Gasteiger partial charge in [-0.25, -0.2) is 0 Å². The molecule has 100 valence electrons. The van der Waals surface area contributed by atoms with Crippen LogP contribution in [0.4, 0.5) is 0 Å². The molecule has 1 fully saturated rings. The lowest BCUT2D eigenvalue weighted by Crippen LogP contribution is -2.33. The summed E-state index contributed by atoms with van der Waals surface area (Å²) in [6.07, 6.45) is 2.86. The molecule has 0 aromatic carbocycles. The zero-order valence-electron chi connectivity index (χ0n) is 10.7. The SMILES string of the molecule is CCOCCNC(=O)CCOC1CCNCC1. The summed E-state index contributed by atoms with van der Waals surface area (Å²) in [5, 5.41) is 6.08. The van der Waals surface area contributed by atoms with Crippen LogP contribution in [-0.4, -0.2) is 51.5 Å². The second kappa shape index (κ2) is 9.39. The highest BCUT2D eigenvalue weighted by Gasteiger charge is 2.13. The Hall–Kier alpha value is -0.650. The lowest BCUT2D eigenvalue weighted by atomic mass is 10.1. The first-order chi connectivity index (χ1) is 8.33. The van der Waals surface area contributed by atoms with Gasteiger partial charge in [-0.05, 0) is 32.9 Å². The summed E-state index contributed by atoms with van der Waals surface area (Å²) in [5.74, 6) is 0.0404. The van der Waals surface area contributed by atoms with Crippen LogP contribution in [0.25, 0.3) is 0 Å². The minimum Gasteiger partial charge on any atom is -0.380 e. The smallest absolute Gasteiger partial charge is 0.222 e. The Labute approximate surface area is 103 Å². The van der Waals surface area contributed by atoms with Crippen LogP contribution in [-0.2, 0) is 14.3 Å². The lowest BCUT2D eigenvalue weighted by molar-refractivity contribution is -0.123. The molecular formula is C12H24N2O3. The van der Waals surface area contributed by atoms with E-state index in [0.717, 1.165) is 25.9 Å². The summed E-state index contributed by atoms with van der Waals surface area (Å²) >= 11 is 0. The van der Waals surface area contributed by atoms with E-state index in [4.69, 9.17) is 9.47 Å². The molecule has 1 heterocycles. The van der Waals surface area contributed by atoms with Crippen molar-refractivity contribution in [1.29, 1.82) is 0 Å². The molecular weight excluding hydrogens is 220 g/mol. The van der Waals surface area contributed by atoms with Crippen LogP contribution in [0.1, 0.15) is 26.2 Å². The van der Waals surface area contributed by atoms with Gasteiger partial charge in [-0.3, -0.25) is 4.79 Å². The van der Waals surface area contributed by atoms with Crippen molar-refractivity contribution in [2.24, 2.45) is 0 Å². The van der Waals surface area contributed by atoms with Crippen molar-refractivity contribution in [3.63, 3.8) is 0 Å². The molecule has 0 aliphatic carbocycles. The van der Waals surface area contributed by atoms with Gasteiger partial charge in [0, 0.05) is 19.6 Å². The second-order valence-corrected chi connectivity index (χ2v) is 4.12. The quantitative estimate of drug-likeness (QED) is 0.603. The Balaban J connectivity index is 1.92. The Morgan fingerprint density at radius 1 is 1.35 bits per heavy atom. The third kappa shape index (κ3) is 7.31. The van der Waals surface area contributed by atoms with Crippen LogP contribution in [0.15, 0.2) is 0 Å². The van der Waals surface area contributed by atoms with Gasteiger partial charge in [-0.2, -0.15) is 0 Å². The van der Waals surface area contributed by atoms with E-state index in [1.165, 1.54) is 0 Å². The van der Waals surface area contributed by atoms with E-state index in [2.05, 4.69) is 10.6 Å². The number of hydrogen-bond acceptors (Lipinski definition) is 4. The molecule has 1 amide bonds. The van der Waals surface area contributed by atoms with Crippen LogP contribution in [0, 0.1) is 0 Å². The highest BCUT2D eigenvalue weighted by atomic mass is 16.5. The normalized spacial score (nSPS) is 17.0. The molecule has 1 aliphatic heterocycles. The highest BCUT2D eigenvalue weighted by Crippen LogP contribution is 2.07. The molecule has 0 bridgehead atoms. The molecule has 0 aromatic heterocycles. The van der Waals surface area contributed by atoms with Crippen molar-refractivity contribution in [2.45, 2.75) is 32.3 Å². The fourth-order valence-electron chi connectivity index (χ4n) is 1.78. The van der Waals surface area contributed by atoms with Gasteiger partial charge in [0.1, 0.15) is 0 Å². The molecule has 2 N–H and O–H groups in total. The average molecular weight is 244 g/mol. The van der Waals surface area contributed by atoms with Gasteiger partial charge in [0.2, 0.25) is 5.91 Å². The van der Waals surface area contributed by atoms with Crippen LogP contribution in [0.3, 0.4) is 0 Å². The fourth-order valence-corrected chi connectivity index (χ4v) is 1.78. The number of rotatable bonds is 8. The summed E-state index contributed by atoms with van der Waals surface area (Å²) in [4.78, 5) is 11.4. The van der Waals surface area contributed by atoms with E-state index in [1.807, 2.05) is 6.92 Å². The van der Waals surface area contributed by atoms with E-state index >= 15 is 0 Å². The maximum Gasteiger partial charge on any atom is 0.222 e. The number of carbonyl (C=O) groups excluding carboxylic acids is 1. The van der Waals surface area contributed by atoms with Crippen LogP contribution in [0.5, 0.6) is 0 Å². The number of piperidine rings is 1. The van der Waals surface area contributed by atoms with E-state index in [-0.39, 0.29) is 5.91 Å². The molecule has 17 heavy (non-hydrogen) atoms. The van der Waals surface area contributed by atoms with Crippen molar-refractivity contribution in [2.75, 3.05) is 39.5 Å². The predicted molar refractivity (Wildman–Crippen MR) is 66.0 cm³/mol. The molecule has 0 radical (unpaired) electrons. The monoisotopic (exact) mass is 244 g/mol. The van der Waals surface area contributed by atoms with Crippen molar-refractivity contribution in [1.82, 2.24) is 10.6 Å². The zero-order chi connectivity index (χ0) is 12.3. The van der Waals surface area contributed by atoms with Crippen molar-refractivity contribution in [3.05, 3.63) is 0 Å². The van der Waals surface area contributed by atoms with Crippen molar-refractivity contribution < 1.29 is 14.3 Å². The standard InChI is InChI=1S/C12H24N2O3/c1-2-16-10-8-14-12(15)5-9-17-11-3-6-13-7-4-11/h11,13H,2-10H2,1H3,(H,14,15). The van der Waals surface area contributed by atoms with Gasteiger partial charge in [-0.15, -0.1) is 0 Å². The summed E-state index contributed by atoms with van der Waals surface area (Å²) < 4.78 is 10.8. The van der Waals surface area contributed by atoms with E-state index < -0.39 is 0 Å². The minimum atomic E-state index is 0.0404. The summed E-state index contributed by atoms with van der Waals surface area (Å²) in [7, 11) is 0. The molecule has 0 atom stereocenters. The third-order valence-corrected chi connectivity index (χ3v) is 2.74. The Kier molecular flexibility index (Phi) is 7.96. The summed E-state index contributed by atoms with van der Waals surface area (Å²) in [6, 6.07) is 0. The predicted octanol–water partition coefficient (Wildman–Crippen LogP) is 0.298. The van der Waals surface area contributed by atoms with Gasteiger partial charge >= 0.3 is 0 Å². The van der Waals surface area contributed by atoms with Gasteiger partial charge in [-0.1, -0.05) is 0 Å². The molecule has 0 spiro atoms. The number of carbonyl (C=O) groups is 1. The Morgan fingerprint density at radius 2 is 2.12 bits per heavy atom. The van der Waals surface area contributed by atoms with Gasteiger partial charge in [0.25, 0.3) is 0 Å². The molecule has 1 rings (SSSR count). The maximum atomic E-state index is 11.4. The van der Waals surface area contributed by atoms with Gasteiger partial charge < -0.3 is 20.1 Å². The number of hydrogen-bond donors (Lipinski definition) is 2. The molecule has 0 saturated carbocycles. The van der Waals surface area contributed by atoms with E-state index in [1.54, 1.807) is 0 Å². The number of nitrogens with one attached hydrogen (secondary N) is 2. The maximum absolute atomic E-state index is 11.4. The highest BCUT2D eigenvalue weighted by molar-refractivity contribution is 5.75. The molecule has 0 aromatic rings. The van der Waals surface area contributed by atoms with Crippen LogP contribution < -0.4 is 10.6 Å². The first kappa shape index (κ1) is 14.4. The van der Waals surface area contributed by atoms with Gasteiger partial charge in [0.05, 0.1) is 19.3 Å². The first-order valence-corrected chi connectivity index (χ1v) is 6.49. The number of amides is 1. The van der Waals surface area contributed by atoms with Crippen LogP contribution in [0.2, 0.25) is 0 Å². The topological polar surface area (TPSA) is 59.6 Å². The third-order valence-electron chi connectivity index (χ3n) is 2.74. The summed E-state index contributed by atoms with van der Waals surface area (Å²) in [6.45, 7) is 6.35. The largest absolute Gasteiger partial charge is 0.380 e. The van der Waals surface area contributed by atoms with E-state index in [0.29, 0.717) is 38.9 Å². The molecule has 0 unspecified atom stereocenters.